The van der Waals surface area contributed by atoms with Crippen LogP contribution in [0.25, 0.3) is 0 Å². The molecule has 0 saturated heterocycles. The van der Waals surface area contributed by atoms with Gasteiger partial charge in [-0.05, 0) is 13.0 Å². The van der Waals surface area contributed by atoms with Crippen molar-refractivity contribution in [2.45, 2.75) is 40.2 Å². The monoisotopic (exact) mass is 265 g/mol. The van der Waals surface area contributed by atoms with Crippen LogP contribution in [0.5, 0.6) is 0 Å². The molecule has 0 amide bonds. The molecule has 5 nitrogen and oxygen atoms in total. The van der Waals surface area contributed by atoms with Gasteiger partial charge in [-0.3, -0.25) is 0 Å². The van der Waals surface area contributed by atoms with E-state index in [0.29, 0.717) is 25.7 Å². The molecule has 0 aliphatic rings. The molecule has 0 saturated carbocycles. The van der Waals surface area contributed by atoms with E-state index in [-0.39, 0.29) is 0 Å². The average molecular weight is 265 g/mol. The summed E-state index contributed by atoms with van der Waals surface area (Å²) >= 11 is 0. The van der Waals surface area contributed by atoms with Crippen molar-refractivity contribution in [3.05, 3.63) is 0 Å². The van der Waals surface area contributed by atoms with Gasteiger partial charge < -0.3 is 5.32 Å². The highest BCUT2D eigenvalue weighted by Crippen LogP contribution is 2.05. The molecule has 104 valence electrons. The fraction of sp³-hybridized carbons (Fsp3) is 1.00. The minimum absolute atomic E-state index is 0.444. The van der Waals surface area contributed by atoms with E-state index < -0.39 is 10.2 Å². The van der Waals surface area contributed by atoms with Crippen LogP contribution in [0.15, 0.2) is 0 Å². The van der Waals surface area contributed by atoms with Crippen LogP contribution in [0.1, 0.15) is 34.1 Å². The third-order valence-corrected chi connectivity index (χ3v) is 4.77. The molecule has 6 heteroatoms. The zero-order chi connectivity index (χ0) is 13.5. The lowest BCUT2D eigenvalue weighted by Crippen LogP contribution is -2.42. The third kappa shape index (κ3) is 5.81. The van der Waals surface area contributed by atoms with Crippen molar-refractivity contribution in [2.24, 2.45) is 0 Å². The lowest BCUT2D eigenvalue weighted by atomic mass is 10.3. The van der Waals surface area contributed by atoms with Crippen molar-refractivity contribution >= 4 is 10.2 Å². The quantitative estimate of drug-likeness (QED) is 0.630. The largest absolute Gasteiger partial charge is 0.314 e. The van der Waals surface area contributed by atoms with Crippen LogP contribution < -0.4 is 5.32 Å². The van der Waals surface area contributed by atoms with E-state index in [1.165, 1.54) is 8.61 Å². The Morgan fingerprint density at radius 2 is 1.71 bits per heavy atom. The van der Waals surface area contributed by atoms with Crippen LogP contribution >= 0.6 is 0 Å². The number of rotatable bonds is 9. The summed E-state index contributed by atoms with van der Waals surface area (Å²) in [6.45, 7) is 10.3. The summed E-state index contributed by atoms with van der Waals surface area (Å²) in [6.07, 6.45) is 0.829. The van der Waals surface area contributed by atoms with Crippen LogP contribution in [0, 0.1) is 0 Å². The molecular formula is C11H27N3O2S. The fourth-order valence-corrected chi connectivity index (χ4v) is 2.96. The standard InChI is InChI=1S/C11H27N3O2S/c1-6-14(7-2)17(15,16)13(5)10-8-9-12-11(3)4/h11-12H,6-10H2,1-5H3. The van der Waals surface area contributed by atoms with Gasteiger partial charge in [0.05, 0.1) is 0 Å². The highest BCUT2D eigenvalue weighted by atomic mass is 32.2. The molecular weight excluding hydrogens is 238 g/mol. The number of hydrogen-bond acceptors (Lipinski definition) is 3. The zero-order valence-electron chi connectivity index (χ0n) is 11.7. The summed E-state index contributed by atoms with van der Waals surface area (Å²) in [5.74, 6) is 0. The first-order valence-electron chi connectivity index (χ1n) is 6.31. The van der Waals surface area contributed by atoms with Gasteiger partial charge in [-0.1, -0.05) is 27.7 Å². The molecule has 0 radical (unpaired) electrons. The Morgan fingerprint density at radius 3 is 2.12 bits per heavy atom. The second-order valence-corrected chi connectivity index (χ2v) is 6.41. The Labute approximate surface area is 106 Å². The van der Waals surface area contributed by atoms with E-state index in [1.54, 1.807) is 7.05 Å². The van der Waals surface area contributed by atoms with Gasteiger partial charge in [0.15, 0.2) is 0 Å². The van der Waals surface area contributed by atoms with Crippen molar-refractivity contribution in [1.82, 2.24) is 13.9 Å². The third-order valence-electron chi connectivity index (χ3n) is 2.63. The van der Waals surface area contributed by atoms with Crippen molar-refractivity contribution in [2.75, 3.05) is 33.2 Å². The van der Waals surface area contributed by atoms with Crippen molar-refractivity contribution in [3.63, 3.8) is 0 Å². The van der Waals surface area contributed by atoms with Gasteiger partial charge in [-0.25, -0.2) is 0 Å². The Hall–Kier alpha value is -0.170. The summed E-state index contributed by atoms with van der Waals surface area (Å²) in [5.41, 5.74) is 0. The van der Waals surface area contributed by atoms with E-state index in [1.807, 2.05) is 13.8 Å². The predicted octanol–water partition coefficient (Wildman–Crippen LogP) is 0.893. The van der Waals surface area contributed by atoms with Crippen LogP contribution in [0.2, 0.25) is 0 Å². The molecule has 0 aromatic rings. The van der Waals surface area contributed by atoms with Crippen LogP contribution in [0.4, 0.5) is 0 Å². The van der Waals surface area contributed by atoms with Crippen molar-refractivity contribution < 1.29 is 8.42 Å². The molecule has 0 aromatic carbocycles. The number of nitrogens with zero attached hydrogens (tertiary/aromatic N) is 2. The number of nitrogens with one attached hydrogen (secondary N) is 1. The van der Waals surface area contributed by atoms with E-state index in [0.717, 1.165) is 13.0 Å². The minimum atomic E-state index is -3.26. The first kappa shape index (κ1) is 16.8. The Balaban J connectivity index is 4.16. The molecule has 0 unspecified atom stereocenters. The van der Waals surface area contributed by atoms with Gasteiger partial charge in [0.25, 0.3) is 10.2 Å². The van der Waals surface area contributed by atoms with E-state index in [4.69, 9.17) is 0 Å². The maximum Gasteiger partial charge on any atom is 0.281 e. The van der Waals surface area contributed by atoms with Gasteiger partial charge in [-0.15, -0.1) is 0 Å². The first-order valence-corrected chi connectivity index (χ1v) is 7.70. The van der Waals surface area contributed by atoms with Crippen LogP contribution in [0.3, 0.4) is 0 Å². The highest BCUT2D eigenvalue weighted by molar-refractivity contribution is 7.86. The SMILES string of the molecule is CCN(CC)S(=O)(=O)N(C)CCCNC(C)C. The van der Waals surface area contributed by atoms with Gasteiger partial charge in [-0.2, -0.15) is 17.0 Å². The Kier molecular flexibility index (Phi) is 7.94. The van der Waals surface area contributed by atoms with Crippen LogP contribution in [-0.4, -0.2) is 56.3 Å². The van der Waals surface area contributed by atoms with E-state index in [2.05, 4.69) is 19.2 Å². The Morgan fingerprint density at radius 1 is 1.18 bits per heavy atom. The summed E-state index contributed by atoms with van der Waals surface area (Å²) in [6, 6.07) is 0.444. The van der Waals surface area contributed by atoms with Gasteiger partial charge in [0, 0.05) is 32.7 Å². The fourth-order valence-electron chi connectivity index (χ4n) is 1.55. The van der Waals surface area contributed by atoms with Gasteiger partial charge in [0.2, 0.25) is 0 Å². The second-order valence-electron chi connectivity index (χ2n) is 4.38. The zero-order valence-corrected chi connectivity index (χ0v) is 12.5. The van der Waals surface area contributed by atoms with Gasteiger partial charge >= 0.3 is 0 Å². The topological polar surface area (TPSA) is 52.7 Å². The normalized spacial score (nSPS) is 12.9. The van der Waals surface area contributed by atoms with Gasteiger partial charge in [0.1, 0.15) is 0 Å². The molecule has 0 bridgehead atoms. The molecule has 0 rings (SSSR count). The maximum atomic E-state index is 12.1. The molecule has 0 aliphatic carbocycles. The predicted molar refractivity (Wildman–Crippen MR) is 72.2 cm³/mol. The average Bonchev–Trinajstić information content (AvgIpc) is 2.25. The second kappa shape index (κ2) is 8.02. The van der Waals surface area contributed by atoms with Crippen LogP contribution in [-0.2, 0) is 10.2 Å². The minimum Gasteiger partial charge on any atom is -0.314 e. The van der Waals surface area contributed by atoms with E-state index in [9.17, 15) is 8.42 Å². The summed E-state index contributed by atoms with van der Waals surface area (Å²) in [7, 11) is -1.62. The first-order chi connectivity index (χ1) is 7.86. The molecule has 0 atom stereocenters. The molecule has 0 fully saturated rings. The Bertz CT molecular complexity index is 287. The molecule has 0 spiro atoms. The highest BCUT2D eigenvalue weighted by Gasteiger charge is 2.23. The molecule has 0 aliphatic heterocycles. The summed E-state index contributed by atoms with van der Waals surface area (Å²) in [5, 5.41) is 3.27. The van der Waals surface area contributed by atoms with Crippen molar-refractivity contribution in [1.29, 1.82) is 0 Å². The number of hydrogen-bond donors (Lipinski definition) is 1. The summed E-state index contributed by atoms with van der Waals surface area (Å²) < 4.78 is 27.0. The maximum absolute atomic E-state index is 12.1. The molecule has 1 N–H and O–H groups in total. The molecule has 0 heterocycles. The lowest BCUT2D eigenvalue weighted by molar-refractivity contribution is 0.372. The van der Waals surface area contributed by atoms with E-state index >= 15 is 0 Å². The molecule has 17 heavy (non-hydrogen) atoms. The van der Waals surface area contributed by atoms with Crippen molar-refractivity contribution in [3.8, 4) is 0 Å². The summed E-state index contributed by atoms with van der Waals surface area (Å²) in [4.78, 5) is 0. The molecule has 0 aromatic heterocycles. The lowest BCUT2D eigenvalue weighted by Gasteiger charge is -2.25. The smallest absolute Gasteiger partial charge is 0.281 e.